The van der Waals surface area contributed by atoms with E-state index in [0.717, 1.165) is 16.0 Å². The molecule has 1 aromatic heterocycles. The molecule has 0 aliphatic heterocycles. The highest BCUT2D eigenvalue weighted by molar-refractivity contribution is 7.98. The molecule has 104 valence electrons. The van der Waals surface area contributed by atoms with Crippen molar-refractivity contribution in [2.24, 2.45) is 0 Å². The number of thioether (sulfide) groups is 1. The third-order valence-corrected chi connectivity index (χ3v) is 3.26. The molecule has 0 saturated carbocycles. The SMILES string of the molecule is COc1ccc(/C=C/c2nnc(SC)n(N)c2=O)cc1. The van der Waals surface area contributed by atoms with Crippen molar-refractivity contribution in [3.63, 3.8) is 0 Å². The summed E-state index contributed by atoms with van der Waals surface area (Å²) in [5.41, 5.74) is 0.736. The predicted molar refractivity (Wildman–Crippen MR) is 80.1 cm³/mol. The lowest BCUT2D eigenvalue weighted by atomic mass is 10.2. The molecular weight excluding hydrogens is 276 g/mol. The van der Waals surface area contributed by atoms with Gasteiger partial charge in [0.2, 0.25) is 5.16 Å². The summed E-state index contributed by atoms with van der Waals surface area (Å²) in [5, 5.41) is 8.11. The van der Waals surface area contributed by atoms with Gasteiger partial charge in [-0.2, -0.15) is 4.68 Å². The number of hydrogen-bond acceptors (Lipinski definition) is 6. The fraction of sp³-hybridized carbons (Fsp3) is 0.154. The average Bonchev–Trinajstić information content (AvgIpc) is 2.49. The van der Waals surface area contributed by atoms with Gasteiger partial charge in [-0.3, -0.25) is 4.79 Å². The predicted octanol–water partition coefficient (Wildman–Crippen LogP) is 1.25. The van der Waals surface area contributed by atoms with Crippen molar-refractivity contribution >= 4 is 23.9 Å². The summed E-state index contributed by atoms with van der Waals surface area (Å²) < 4.78 is 6.07. The molecule has 0 unspecified atom stereocenters. The van der Waals surface area contributed by atoms with E-state index in [4.69, 9.17) is 10.6 Å². The standard InChI is InChI=1S/C13H14N4O2S/c1-19-10-6-3-9(4-7-10)5-8-11-12(18)17(14)13(20-2)16-15-11/h3-8H,14H2,1-2H3/b8-5+. The third-order valence-electron chi connectivity index (χ3n) is 2.62. The lowest BCUT2D eigenvalue weighted by molar-refractivity contribution is 0.415. The van der Waals surface area contributed by atoms with Crippen LogP contribution in [0.3, 0.4) is 0 Å². The second kappa shape index (κ2) is 6.25. The summed E-state index contributed by atoms with van der Waals surface area (Å²) in [7, 11) is 1.61. The number of nitrogen functional groups attached to an aromatic ring is 1. The van der Waals surface area contributed by atoms with Gasteiger partial charge in [-0.1, -0.05) is 30.0 Å². The Hall–Kier alpha value is -2.28. The van der Waals surface area contributed by atoms with Crippen LogP contribution in [0.5, 0.6) is 5.75 Å². The van der Waals surface area contributed by atoms with Crippen molar-refractivity contribution < 1.29 is 4.74 Å². The minimum Gasteiger partial charge on any atom is -0.497 e. The van der Waals surface area contributed by atoms with Crippen molar-refractivity contribution in [1.82, 2.24) is 14.9 Å². The maximum atomic E-state index is 11.9. The summed E-state index contributed by atoms with van der Waals surface area (Å²) >= 11 is 1.26. The first-order chi connectivity index (χ1) is 9.65. The first-order valence-electron chi connectivity index (χ1n) is 5.76. The number of nitrogens with zero attached hydrogens (tertiary/aromatic N) is 3. The zero-order valence-corrected chi connectivity index (χ0v) is 11.9. The lowest BCUT2D eigenvalue weighted by Gasteiger charge is -2.03. The number of benzene rings is 1. The molecule has 2 N–H and O–H groups in total. The maximum Gasteiger partial charge on any atom is 0.298 e. The van der Waals surface area contributed by atoms with E-state index in [1.54, 1.807) is 25.5 Å². The van der Waals surface area contributed by atoms with Crippen LogP contribution < -0.4 is 16.1 Å². The van der Waals surface area contributed by atoms with E-state index in [0.29, 0.717) is 5.16 Å². The maximum absolute atomic E-state index is 11.9. The molecule has 0 aliphatic carbocycles. The third kappa shape index (κ3) is 3.00. The second-order valence-corrected chi connectivity index (χ2v) is 4.63. The van der Waals surface area contributed by atoms with Crippen molar-refractivity contribution in [3.8, 4) is 5.75 Å². The molecular formula is C13H14N4O2S. The molecule has 0 atom stereocenters. The van der Waals surface area contributed by atoms with Gasteiger partial charge in [0.25, 0.3) is 5.56 Å². The molecule has 2 aromatic rings. The molecule has 0 saturated heterocycles. The number of hydrogen-bond donors (Lipinski definition) is 1. The van der Waals surface area contributed by atoms with Crippen LogP contribution in [0.4, 0.5) is 0 Å². The van der Waals surface area contributed by atoms with Gasteiger partial charge in [0.05, 0.1) is 7.11 Å². The molecule has 0 amide bonds. The molecule has 0 radical (unpaired) electrons. The Morgan fingerprint density at radius 1 is 1.25 bits per heavy atom. The van der Waals surface area contributed by atoms with Gasteiger partial charge in [-0.15, -0.1) is 10.2 Å². The number of aromatic nitrogens is 3. The fourth-order valence-corrected chi connectivity index (χ4v) is 1.93. The van der Waals surface area contributed by atoms with Gasteiger partial charge in [0.15, 0.2) is 5.69 Å². The molecule has 0 bridgehead atoms. The Kier molecular flexibility index (Phi) is 4.41. The minimum absolute atomic E-state index is 0.195. The first-order valence-corrected chi connectivity index (χ1v) is 6.99. The van der Waals surface area contributed by atoms with Crippen LogP contribution in [0.25, 0.3) is 12.2 Å². The number of methoxy groups -OCH3 is 1. The summed E-state index contributed by atoms with van der Waals surface area (Å²) in [4.78, 5) is 11.9. The highest BCUT2D eigenvalue weighted by atomic mass is 32.2. The van der Waals surface area contributed by atoms with E-state index in [1.165, 1.54) is 11.8 Å². The molecule has 7 heteroatoms. The quantitative estimate of drug-likeness (QED) is 0.674. The van der Waals surface area contributed by atoms with E-state index in [9.17, 15) is 4.79 Å². The summed E-state index contributed by atoms with van der Waals surface area (Å²) in [6, 6.07) is 7.42. The van der Waals surface area contributed by atoms with Crippen molar-refractivity contribution in [3.05, 3.63) is 45.9 Å². The van der Waals surface area contributed by atoms with E-state index < -0.39 is 0 Å². The smallest absolute Gasteiger partial charge is 0.298 e. The zero-order chi connectivity index (χ0) is 14.5. The Bertz CT molecular complexity index is 680. The van der Waals surface area contributed by atoms with Gasteiger partial charge in [-0.05, 0) is 30.0 Å². The lowest BCUT2D eigenvalue weighted by Crippen LogP contribution is -2.32. The van der Waals surface area contributed by atoms with Gasteiger partial charge in [0, 0.05) is 0 Å². The van der Waals surface area contributed by atoms with Crippen LogP contribution in [0.15, 0.2) is 34.2 Å². The molecule has 6 nitrogen and oxygen atoms in total. The van der Waals surface area contributed by atoms with Crippen LogP contribution in [-0.2, 0) is 0 Å². The van der Waals surface area contributed by atoms with Crippen LogP contribution in [0.2, 0.25) is 0 Å². The molecule has 0 spiro atoms. The van der Waals surface area contributed by atoms with E-state index >= 15 is 0 Å². The molecule has 1 heterocycles. The second-order valence-electron chi connectivity index (χ2n) is 3.85. The van der Waals surface area contributed by atoms with Gasteiger partial charge >= 0.3 is 0 Å². The largest absolute Gasteiger partial charge is 0.497 e. The Labute approximate surface area is 120 Å². The number of nitrogens with two attached hydrogens (primary N) is 1. The molecule has 20 heavy (non-hydrogen) atoms. The Balaban J connectivity index is 2.27. The first kappa shape index (κ1) is 14.1. The highest BCUT2D eigenvalue weighted by Crippen LogP contribution is 2.13. The van der Waals surface area contributed by atoms with Crippen molar-refractivity contribution in [2.75, 3.05) is 19.2 Å². The van der Waals surface area contributed by atoms with E-state index in [-0.39, 0.29) is 11.3 Å². The monoisotopic (exact) mass is 290 g/mol. The number of rotatable bonds is 4. The Morgan fingerprint density at radius 3 is 2.55 bits per heavy atom. The molecule has 1 aromatic carbocycles. The fourth-order valence-electron chi connectivity index (χ4n) is 1.53. The average molecular weight is 290 g/mol. The highest BCUT2D eigenvalue weighted by Gasteiger charge is 2.06. The molecule has 0 fully saturated rings. The van der Waals surface area contributed by atoms with E-state index in [1.807, 2.05) is 24.3 Å². The van der Waals surface area contributed by atoms with E-state index in [2.05, 4.69) is 10.2 Å². The van der Waals surface area contributed by atoms with Crippen molar-refractivity contribution in [1.29, 1.82) is 0 Å². The van der Waals surface area contributed by atoms with Gasteiger partial charge < -0.3 is 10.6 Å². The number of ether oxygens (including phenoxy) is 1. The molecule has 0 aliphatic rings. The van der Waals surface area contributed by atoms with Crippen LogP contribution in [0.1, 0.15) is 11.3 Å². The summed E-state index contributed by atoms with van der Waals surface area (Å²) in [6.45, 7) is 0. The van der Waals surface area contributed by atoms with Crippen LogP contribution in [0, 0.1) is 0 Å². The topological polar surface area (TPSA) is 83.0 Å². The molecule has 2 rings (SSSR count). The normalized spacial score (nSPS) is 10.9. The van der Waals surface area contributed by atoms with Gasteiger partial charge in [0.1, 0.15) is 5.75 Å². The van der Waals surface area contributed by atoms with Gasteiger partial charge in [-0.25, -0.2) is 0 Å². The Morgan fingerprint density at radius 2 is 1.95 bits per heavy atom. The minimum atomic E-state index is -0.380. The summed E-state index contributed by atoms with van der Waals surface area (Å²) in [5.74, 6) is 6.40. The van der Waals surface area contributed by atoms with Crippen molar-refractivity contribution in [2.45, 2.75) is 5.16 Å². The zero-order valence-electron chi connectivity index (χ0n) is 11.1. The van der Waals surface area contributed by atoms with Crippen LogP contribution in [-0.4, -0.2) is 28.2 Å². The summed E-state index contributed by atoms with van der Waals surface area (Å²) in [6.07, 6.45) is 5.13. The van der Waals surface area contributed by atoms with Crippen LogP contribution >= 0.6 is 11.8 Å².